The molecule has 0 radical (unpaired) electrons. The fourth-order valence-electron chi connectivity index (χ4n) is 2.25. The molecule has 2 rings (SSSR count). The number of carboxylic acids is 1. The molecule has 7 heteroatoms. The van der Waals surface area contributed by atoms with Gasteiger partial charge in [0.15, 0.2) is 0 Å². The third-order valence-corrected chi connectivity index (χ3v) is 5.11. The van der Waals surface area contributed by atoms with Crippen LogP contribution in [0.5, 0.6) is 0 Å². The van der Waals surface area contributed by atoms with Gasteiger partial charge in [0, 0.05) is 12.2 Å². The zero-order chi connectivity index (χ0) is 14.0. The Morgan fingerprint density at radius 3 is 2.74 bits per heavy atom. The van der Waals surface area contributed by atoms with Crippen molar-refractivity contribution in [3.05, 3.63) is 24.3 Å². The van der Waals surface area contributed by atoms with Gasteiger partial charge >= 0.3 is 5.97 Å². The van der Waals surface area contributed by atoms with Crippen LogP contribution in [0.4, 0.5) is 5.69 Å². The van der Waals surface area contributed by atoms with Gasteiger partial charge in [0.25, 0.3) is 0 Å². The first kappa shape index (κ1) is 13.8. The molecular weight excluding hydrogens is 268 g/mol. The van der Waals surface area contributed by atoms with Gasteiger partial charge in [0.2, 0.25) is 10.0 Å². The molecule has 0 bridgehead atoms. The molecule has 1 aromatic carbocycles. The van der Waals surface area contributed by atoms with E-state index in [4.69, 9.17) is 10.8 Å². The maximum atomic E-state index is 12.5. The standard InChI is InChI=1S/C12H16N2O4S/c13-9-4-3-5-10(8-9)19(17,18)14-7-2-1-6-11(14)12(15)16/h3-5,8,11H,1-2,6-7,13H2,(H,15,16). The van der Waals surface area contributed by atoms with E-state index in [1.165, 1.54) is 12.1 Å². The van der Waals surface area contributed by atoms with Gasteiger partial charge in [-0.05, 0) is 37.5 Å². The van der Waals surface area contributed by atoms with Gasteiger partial charge in [-0.1, -0.05) is 6.07 Å². The van der Waals surface area contributed by atoms with Crippen LogP contribution in [0.15, 0.2) is 29.2 Å². The lowest BCUT2D eigenvalue weighted by Crippen LogP contribution is -2.47. The number of benzene rings is 1. The minimum Gasteiger partial charge on any atom is -0.480 e. The molecule has 0 saturated carbocycles. The van der Waals surface area contributed by atoms with Crippen LogP contribution in [-0.2, 0) is 14.8 Å². The molecule has 19 heavy (non-hydrogen) atoms. The summed E-state index contributed by atoms with van der Waals surface area (Å²) in [6.07, 6.45) is 1.74. The normalized spacial score (nSPS) is 21.2. The van der Waals surface area contributed by atoms with Crippen LogP contribution < -0.4 is 5.73 Å². The van der Waals surface area contributed by atoms with Gasteiger partial charge < -0.3 is 10.8 Å². The largest absolute Gasteiger partial charge is 0.480 e. The van der Waals surface area contributed by atoms with Gasteiger partial charge in [0.1, 0.15) is 6.04 Å². The first-order valence-electron chi connectivity index (χ1n) is 6.03. The van der Waals surface area contributed by atoms with Crippen LogP contribution in [0.25, 0.3) is 0 Å². The van der Waals surface area contributed by atoms with Gasteiger partial charge in [-0.3, -0.25) is 4.79 Å². The number of sulfonamides is 1. The molecule has 0 amide bonds. The van der Waals surface area contributed by atoms with E-state index in [1.807, 2.05) is 0 Å². The Morgan fingerprint density at radius 2 is 2.11 bits per heavy atom. The van der Waals surface area contributed by atoms with E-state index < -0.39 is 22.0 Å². The van der Waals surface area contributed by atoms with Crippen LogP contribution in [0, 0.1) is 0 Å². The second-order valence-electron chi connectivity index (χ2n) is 4.54. The predicted molar refractivity (Wildman–Crippen MR) is 70.0 cm³/mol. The summed E-state index contributed by atoms with van der Waals surface area (Å²) >= 11 is 0. The maximum Gasteiger partial charge on any atom is 0.322 e. The molecule has 1 atom stereocenters. The van der Waals surface area contributed by atoms with Gasteiger partial charge in [-0.15, -0.1) is 0 Å². The maximum absolute atomic E-state index is 12.5. The average Bonchev–Trinajstić information content (AvgIpc) is 2.38. The highest BCUT2D eigenvalue weighted by atomic mass is 32.2. The summed E-state index contributed by atoms with van der Waals surface area (Å²) in [5.41, 5.74) is 5.92. The second-order valence-corrected chi connectivity index (χ2v) is 6.43. The van der Waals surface area contributed by atoms with Crippen LogP contribution in [0.1, 0.15) is 19.3 Å². The number of rotatable bonds is 3. The highest BCUT2D eigenvalue weighted by Crippen LogP contribution is 2.26. The summed E-state index contributed by atoms with van der Waals surface area (Å²) in [6, 6.07) is 4.92. The number of nitrogens with zero attached hydrogens (tertiary/aromatic N) is 1. The minimum absolute atomic E-state index is 0.0423. The molecule has 1 aliphatic heterocycles. The molecule has 1 aromatic rings. The summed E-state index contributed by atoms with van der Waals surface area (Å²) in [5.74, 6) is -1.10. The number of hydrogen-bond donors (Lipinski definition) is 2. The van der Waals surface area contributed by atoms with Gasteiger partial charge in [-0.2, -0.15) is 4.31 Å². The number of hydrogen-bond acceptors (Lipinski definition) is 4. The minimum atomic E-state index is -3.81. The number of anilines is 1. The Kier molecular flexibility index (Phi) is 3.77. The van der Waals surface area contributed by atoms with Crippen molar-refractivity contribution in [2.75, 3.05) is 12.3 Å². The van der Waals surface area contributed by atoms with Crippen molar-refractivity contribution in [2.24, 2.45) is 0 Å². The number of piperidine rings is 1. The first-order chi connectivity index (χ1) is 8.93. The van der Waals surface area contributed by atoms with Crippen molar-refractivity contribution >= 4 is 21.7 Å². The van der Waals surface area contributed by atoms with Gasteiger partial charge in [0.05, 0.1) is 4.90 Å². The van der Waals surface area contributed by atoms with E-state index in [-0.39, 0.29) is 11.4 Å². The molecule has 0 spiro atoms. The summed E-state index contributed by atoms with van der Waals surface area (Å²) in [5, 5.41) is 9.14. The summed E-state index contributed by atoms with van der Waals surface area (Å²) in [4.78, 5) is 11.2. The highest BCUT2D eigenvalue weighted by molar-refractivity contribution is 7.89. The second kappa shape index (κ2) is 5.18. The number of carboxylic acid groups (broad SMARTS) is 1. The Balaban J connectivity index is 2.40. The quantitative estimate of drug-likeness (QED) is 0.803. The van der Waals surface area contributed by atoms with Crippen molar-refractivity contribution in [1.82, 2.24) is 4.31 Å². The predicted octanol–water partition coefficient (Wildman–Crippen LogP) is 0.897. The Labute approximate surface area is 111 Å². The molecule has 1 aliphatic rings. The van der Waals surface area contributed by atoms with Gasteiger partial charge in [-0.25, -0.2) is 8.42 Å². The third kappa shape index (κ3) is 2.71. The molecule has 1 saturated heterocycles. The zero-order valence-corrected chi connectivity index (χ0v) is 11.1. The molecule has 104 valence electrons. The smallest absolute Gasteiger partial charge is 0.322 e. The topological polar surface area (TPSA) is 101 Å². The van der Waals surface area contributed by atoms with Crippen molar-refractivity contribution in [3.8, 4) is 0 Å². The average molecular weight is 284 g/mol. The fourth-order valence-corrected chi connectivity index (χ4v) is 3.96. The molecular formula is C12H16N2O4S. The molecule has 1 heterocycles. The van der Waals surface area contributed by atoms with E-state index in [1.54, 1.807) is 12.1 Å². The van der Waals surface area contributed by atoms with E-state index in [9.17, 15) is 13.2 Å². The lowest BCUT2D eigenvalue weighted by Gasteiger charge is -2.31. The highest BCUT2D eigenvalue weighted by Gasteiger charge is 2.37. The lowest BCUT2D eigenvalue weighted by atomic mass is 10.1. The van der Waals surface area contributed by atoms with Crippen LogP contribution >= 0.6 is 0 Å². The molecule has 1 fully saturated rings. The fraction of sp³-hybridized carbons (Fsp3) is 0.417. The summed E-state index contributed by atoms with van der Waals surface area (Å²) in [7, 11) is -3.81. The van der Waals surface area contributed by atoms with Crippen LogP contribution in [-0.4, -0.2) is 36.4 Å². The van der Waals surface area contributed by atoms with Crippen molar-refractivity contribution in [2.45, 2.75) is 30.2 Å². The first-order valence-corrected chi connectivity index (χ1v) is 7.47. The lowest BCUT2D eigenvalue weighted by molar-refractivity contribution is -0.142. The number of aliphatic carboxylic acids is 1. The van der Waals surface area contributed by atoms with E-state index in [2.05, 4.69) is 0 Å². The van der Waals surface area contributed by atoms with Crippen molar-refractivity contribution < 1.29 is 18.3 Å². The summed E-state index contributed by atoms with van der Waals surface area (Å²) < 4.78 is 26.0. The Hall–Kier alpha value is -1.60. The Bertz CT molecular complexity index is 585. The van der Waals surface area contributed by atoms with E-state index >= 15 is 0 Å². The number of nitrogen functional groups attached to an aromatic ring is 1. The molecule has 0 aromatic heterocycles. The Morgan fingerprint density at radius 1 is 1.37 bits per heavy atom. The third-order valence-electron chi connectivity index (χ3n) is 3.20. The van der Waals surface area contributed by atoms with Crippen molar-refractivity contribution in [1.29, 1.82) is 0 Å². The van der Waals surface area contributed by atoms with Crippen LogP contribution in [0.3, 0.4) is 0 Å². The molecule has 0 aliphatic carbocycles. The molecule has 3 N–H and O–H groups in total. The monoisotopic (exact) mass is 284 g/mol. The molecule has 1 unspecified atom stereocenters. The van der Waals surface area contributed by atoms with Crippen molar-refractivity contribution in [3.63, 3.8) is 0 Å². The number of nitrogens with two attached hydrogens (primary N) is 1. The zero-order valence-electron chi connectivity index (χ0n) is 10.3. The van der Waals surface area contributed by atoms with E-state index in [0.717, 1.165) is 10.7 Å². The van der Waals surface area contributed by atoms with E-state index in [0.29, 0.717) is 18.5 Å². The van der Waals surface area contributed by atoms with Crippen LogP contribution in [0.2, 0.25) is 0 Å². The number of carbonyl (C=O) groups is 1. The SMILES string of the molecule is Nc1cccc(S(=O)(=O)N2CCCCC2C(=O)O)c1. The molecule has 6 nitrogen and oxygen atoms in total. The summed E-state index contributed by atoms with van der Waals surface area (Å²) in [6.45, 7) is 0.230.